The van der Waals surface area contributed by atoms with E-state index in [1.807, 2.05) is 0 Å². The highest BCUT2D eigenvalue weighted by molar-refractivity contribution is 5.99. The maximum atomic E-state index is 13.7. The predicted molar refractivity (Wildman–Crippen MR) is 265 cm³/mol. The highest BCUT2D eigenvalue weighted by atomic mass is 16.5. The van der Waals surface area contributed by atoms with Crippen LogP contribution in [0.15, 0.2) is 34.4 Å². The zero-order valence-electron chi connectivity index (χ0n) is 42.8. The molecule has 6 saturated carbocycles. The number of fused-ring (bicyclic) bond motifs is 10. The van der Waals surface area contributed by atoms with E-state index in [4.69, 9.17) is 9.47 Å². The van der Waals surface area contributed by atoms with E-state index in [0.717, 1.165) is 85.9 Å². The molecule has 6 fully saturated rings. The number of allylic oxidation sites excluding steroid dienone is 2. The van der Waals surface area contributed by atoms with E-state index in [1.54, 1.807) is 25.0 Å². The summed E-state index contributed by atoms with van der Waals surface area (Å²) in [5.41, 5.74) is 5.43. The first-order valence-electron chi connectivity index (χ1n) is 28.2. The standard InChI is InChI=1S/C60H96O4/c1-9-11-13-15-17-19-21-43-25-29-51-49-27-23-45-39-47(31-35-59(45,7)53(49)33-37-57(43,51)5)63-55(61)41(3)42(4)56(62)64-48-32-36-60(8)46(40-48)24-28-50-52-30-26-44(22-20-18-16-14-12-10-2)58(52,6)38-34-54(50)60/h23-24,43-44,47-54H,9-22,25-40H2,1-8H3/t43-,44?,47-,48+,49-,50?,51-,52?,53-,54?,57+,58-,59-,60+/m0/s1. The number of hydrogen-bond acceptors (Lipinski definition) is 4. The molecule has 0 radical (unpaired) electrons. The van der Waals surface area contributed by atoms with Gasteiger partial charge in [-0.1, -0.05) is 142 Å². The minimum Gasteiger partial charge on any atom is -0.459 e. The Kier molecular flexibility index (Phi) is 15.5. The Morgan fingerprint density at radius 2 is 0.891 bits per heavy atom. The summed E-state index contributed by atoms with van der Waals surface area (Å²) in [5, 5.41) is 0. The van der Waals surface area contributed by atoms with Gasteiger partial charge >= 0.3 is 11.9 Å². The molecule has 8 aliphatic rings. The molecular weight excluding hydrogens is 785 g/mol. The van der Waals surface area contributed by atoms with Crippen LogP contribution in [-0.4, -0.2) is 24.1 Å². The van der Waals surface area contributed by atoms with Crippen LogP contribution in [0.3, 0.4) is 0 Å². The van der Waals surface area contributed by atoms with Crippen molar-refractivity contribution in [2.24, 2.45) is 69.0 Å². The fourth-order valence-electron chi connectivity index (χ4n) is 17.8. The molecule has 0 amide bonds. The molecule has 4 unspecified atom stereocenters. The van der Waals surface area contributed by atoms with Crippen LogP contribution >= 0.6 is 0 Å². The topological polar surface area (TPSA) is 52.6 Å². The molecule has 360 valence electrons. The van der Waals surface area contributed by atoms with Crippen molar-refractivity contribution in [3.8, 4) is 0 Å². The van der Waals surface area contributed by atoms with Crippen LogP contribution in [0.4, 0.5) is 0 Å². The van der Waals surface area contributed by atoms with Crippen LogP contribution in [0.5, 0.6) is 0 Å². The maximum Gasteiger partial charge on any atom is 0.334 e. The minimum absolute atomic E-state index is 0.115. The van der Waals surface area contributed by atoms with Gasteiger partial charge in [-0.2, -0.15) is 0 Å². The van der Waals surface area contributed by atoms with Gasteiger partial charge in [0.25, 0.3) is 0 Å². The first kappa shape index (κ1) is 48.6. The minimum atomic E-state index is -0.337. The molecule has 14 atom stereocenters. The Labute approximate surface area is 393 Å². The summed E-state index contributed by atoms with van der Waals surface area (Å²) in [5.74, 6) is 6.05. The van der Waals surface area contributed by atoms with Crippen molar-refractivity contribution >= 4 is 11.9 Å². The molecule has 0 aliphatic heterocycles. The Hall–Kier alpha value is -1.84. The van der Waals surface area contributed by atoms with E-state index < -0.39 is 0 Å². The highest BCUT2D eigenvalue weighted by Gasteiger charge is 2.60. The average Bonchev–Trinajstić information content (AvgIpc) is 3.81. The lowest BCUT2D eigenvalue weighted by atomic mass is 9.47. The second-order valence-corrected chi connectivity index (χ2v) is 25.1. The van der Waals surface area contributed by atoms with Crippen LogP contribution in [-0.2, 0) is 19.1 Å². The number of esters is 2. The van der Waals surface area contributed by atoms with Gasteiger partial charge in [-0.05, 0) is 186 Å². The van der Waals surface area contributed by atoms with Crippen molar-refractivity contribution in [3.05, 3.63) is 34.4 Å². The molecule has 8 aliphatic carbocycles. The van der Waals surface area contributed by atoms with Crippen LogP contribution < -0.4 is 0 Å². The summed E-state index contributed by atoms with van der Waals surface area (Å²) in [6.45, 7) is 18.7. The molecule has 0 spiro atoms. The number of hydrogen-bond donors (Lipinski definition) is 0. The van der Waals surface area contributed by atoms with Crippen molar-refractivity contribution in [1.82, 2.24) is 0 Å². The largest absolute Gasteiger partial charge is 0.459 e. The molecule has 0 aromatic carbocycles. The van der Waals surface area contributed by atoms with E-state index >= 15 is 0 Å². The molecule has 8 rings (SSSR count). The summed E-state index contributed by atoms with van der Waals surface area (Å²) >= 11 is 0. The van der Waals surface area contributed by atoms with Gasteiger partial charge in [0.2, 0.25) is 0 Å². The molecule has 4 nitrogen and oxygen atoms in total. The SMILES string of the molecule is CCCCCCCCC1CCC2C3CC=C4C[C@H](OC(=O)C(C)=C(C)C(=O)O[C@H]5CC[C@@]6(C)C(=CC[C@H]7[C@@H]8CC[C@H](CCCCCCCC)[C@@]8(C)CC[C@@H]76)C5)CC[C@@]4(C)C3CC[C@@]12C. The van der Waals surface area contributed by atoms with E-state index in [1.165, 1.54) is 154 Å². The second kappa shape index (κ2) is 20.4. The van der Waals surface area contributed by atoms with Gasteiger partial charge < -0.3 is 9.47 Å². The van der Waals surface area contributed by atoms with Gasteiger partial charge in [-0.25, -0.2) is 9.59 Å². The number of unbranched alkanes of at least 4 members (excludes halogenated alkanes) is 10. The summed E-state index contributed by atoms with van der Waals surface area (Å²) in [6.07, 6.45) is 44.2. The third kappa shape index (κ3) is 9.34. The monoisotopic (exact) mass is 881 g/mol. The van der Waals surface area contributed by atoms with Gasteiger partial charge in [0, 0.05) is 24.0 Å². The molecule has 0 N–H and O–H groups in total. The zero-order valence-corrected chi connectivity index (χ0v) is 42.8. The molecule has 0 bridgehead atoms. The Morgan fingerprint density at radius 3 is 1.30 bits per heavy atom. The average molecular weight is 881 g/mol. The quantitative estimate of drug-likeness (QED) is 0.0596. The van der Waals surface area contributed by atoms with Gasteiger partial charge in [-0.3, -0.25) is 0 Å². The lowest BCUT2D eigenvalue weighted by molar-refractivity contribution is -0.150. The molecule has 4 heteroatoms. The van der Waals surface area contributed by atoms with Crippen molar-refractivity contribution in [2.45, 2.75) is 260 Å². The lowest BCUT2D eigenvalue weighted by Crippen LogP contribution is -2.50. The second-order valence-electron chi connectivity index (χ2n) is 25.1. The summed E-state index contributed by atoms with van der Waals surface area (Å²) in [4.78, 5) is 27.4. The summed E-state index contributed by atoms with van der Waals surface area (Å²) in [6, 6.07) is 0. The molecule has 0 heterocycles. The fourth-order valence-corrected chi connectivity index (χ4v) is 17.8. The first-order chi connectivity index (χ1) is 30.8. The van der Waals surface area contributed by atoms with Crippen molar-refractivity contribution in [2.75, 3.05) is 0 Å². The van der Waals surface area contributed by atoms with Crippen molar-refractivity contribution < 1.29 is 19.1 Å². The molecular formula is C60H96O4. The number of ether oxygens (including phenoxy) is 2. The lowest BCUT2D eigenvalue weighted by Gasteiger charge is -2.58. The fraction of sp³-hybridized carbons (Fsp3) is 0.867. The Morgan fingerprint density at radius 1 is 0.500 bits per heavy atom. The zero-order chi connectivity index (χ0) is 45.3. The summed E-state index contributed by atoms with van der Waals surface area (Å²) in [7, 11) is 0. The van der Waals surface area contributed by atoms with Crippen LogP contribution in [0.1, 0.15) is 248 Å². The number of rotatable bonds is 18. The maximum absolute atomic E-state index is 13.7. The van der Waals surface area contributed by atoms with Crippen molar-refractivity contribution in [3.63, 3.8) is 0 Å². The molecule has 64 heavy (non-hydrogen) atoms. The van der Waals surface area contributed by atoms with Gasteiger partial charge in [0.1, 0.15) is 12.2 Å². The molecule has 0 aromatic heterocycles. The van der Waals surface area contributed by atoms with Gasteiger partial charge in [-0.15, -0.1) is 0 Å². The molecule has 0 aromatic rings. The van der Waals surface area contributed by atoms with E-state index in [9.17, 15) is 9.59 Å². The predicted octanol–water partition coefficient (Wildman–Crippen LogP) is 16.8. The smallest absolute Gasteiger partial charge is 0.334 e. The van der Waals surface area contributed by atoms with Crippen LogP contribution in [0.25, 0.3) is 0 Å². The van der Waals surface area contributed by atoms with Crippen molar-refractivity contribution in [1.29, 1.82) is 0 Å². The number of carbonyl (C=O) groups excluding carboxylic acids is 2. The highest BCUT2D eigenvalue weighted by Crippen LogP contribution is 2.68. The third-order valence-electron chi connectivity index (χ3n) is 22.0. The molecule has 0 saturated heterocycles. The van der Waals surface area contributed by atoms with Gasteiger partial charge in [0.15, 0.2) is 0 Å². The first-order valence-corrected chi connectivity index (χ1v) is 28.2. The number of carbonyl (C=O) groups is 2. The van der Waals surface area contributed by atoms with Crippen LogP contribution in [0.2, 0.25) is 0 Å². The third-order valence-corrected chi connectivity index (χ3v) is 22.0. The van der Waals surface area contributed by atoms with E-state index in [2.05, 4.69) is 53.7 Å². The van der Waals surface area contributed by atoms with Crippen LogP contribution in [0, 0.1) is 69.0 Å². The van der Waals surface area contributed by atoms with Gasteiger partial charge in [0.05, 0.1) is 0 Å². The Bertz CT molecular complexity index is 1610. The normalized spacial score (nSPS) is 41.5. The van der Waals surface area contributed by atoms with E-state index in [0.29, 0.717) is 22.0 Å². The summed E-state index contributed by atoms with van der Waals surface area (Å²) < 4.78 is 12.5. The van der Waals surface area contributed by atoms with E-state index in [-0.39, 0.29) is 35.0 Å². The Balaban J connectivity index is 0.815.